The third-order valence-electron chi connectivity index (χ3n) is 4.74. The topological polar surface area (TPSA) is 0 Å². The maximum Gasteiger partial charge on any atom is -0.0140 e. The van der Waals surface area contributed by atoms with Crippen molar-refractivity contribution in [1.29, 1.82) is 0 Å². The van der Waals surface area contributed by atoms with Crippen LogP contribution in [0.3, 0.4) is 0 Å². The molecule has 0 aromatic heterocycles. The fourth-order valence-electron chi connectivity index (χ4n) is 3.92. The quantitative estimate of drug-likeness (QED) is 0.645. The molecule has 0 spiro atoms. The Morgan fingerprint density at radius 1 is 1.00 bits per heavy atom. The average Bonchev–Trinajstić information content (AvgIpc) is 2.52. The molecule has 17 heavy (non-hydrogen) atoms. The van der Waals surface area contributed by atoms with E-state index in [9.17, 15) is 0 Å². The number of fused-ring (bicyclic) bond motifs is 2. The minimum absolute atomic E-state index is 0.129. The average molecular weight is 246 g/mol. The third kappa shape index (κ3) is 2.17. The summed E-state index contributed by atoms with van der Waals surface area (Å²) < 4.78 is 0. The molecule has 2 bridgehead atoms. The highest BCUT2D eigenvalue weighted by atomic mass is 31.1. The summed E-state index contributed by atoms with van der Waals surface area (Å²) in [5, 5.41) is 1.68. The van der Waals surface area contributed by atoms with Crippen molar-refractivity contribution < 1.29 is 0 Å². The fraction of sp³-hybridized carbons (Fsp3) is 0.625. The molecule has 2 saturated heterocycles. The molecule has 0 saturated carbocycles. The number of hydrogen-bond acceptors (Lipinski definition) is 0. The summed E-state index contributed by atoms with van der Waals surface area (Å²) in [5.74, 6) is 1.94. The van der Waals surface area contributed by atoms with Gasteiger partial charge in [0.25, 0.3) is 0 Å². The zero-order chi connectivity index (χ0) is 11.8. The molecule has 92 valence electrons. The molecule has 1 aromatic carbocycles. The van der Waals surface area contributed by atoms with E-state index in [4.69, 9.17) is 0 Å². The van der Waals surface area contributed by atoms with E-state index >= 15 is 0 Å². The molecule has 2 aliphatic rings. The van der Waals surface area contributed by atoms with E-state index in [0.717, 1.165) is 23.2 Å². The van der Waals surface area contributed by atoms with Crippen molar-refractivity contribution in [2.45, 2.75) is 50.8 Å². The van der Waals surface area contributed by atoms with Crippen LogP contribution in [0.1, 0.15) is 39.5 Å². The van der Waals surface area contributed by atoms with Gasteiger partial charge in [-0.15, -0.1) is 0 Å². The lowest BCUT2D eigenvalue weighted by molar-refractivity contribution is 0.387. The Labute approximate surface area is 107 Å². The lowest BCUT2D eigenvalue weighted by Crippen LogP contribution is -2.14. The summed E-state index contributed by atoms with van der Waals surface area (Å²) >= 11 is 0. The first kappa shape index (κ1) is 11.7. The molecule has 2 fully saturated rings. The summed E-state index contributed by atoms with van der Waals surface area (Å²) in [7, 11) is 0.129. The van der Waals surface area contributed by atoms with Gasteiger partial charge in [0.1, 0.15) is 0 Å². The van der Waals surface area contributed by atoms with E-state index in [1.165, 1.54) is 25.7 Å². The fourth-order valence-corrected chi connectivity index (χ4v) is 8.02. The lowest BCUT2D eigenvalue weighted by atomic mass is 9.88. The van der Waals surface area contributed by atoms with Crippen molar-refractivity contribution in [3.8, 4) is 0 Å². The number of benzene rings is 1. The minimum Gasteiger partial charge on any atom is -0.0687 e. The summed E-state index contributed by atoms with van der Waals surface area (Å²) in [6, 6.07) is 11.4. The van der Waals surface area contributed by atoms with Gasteiger partial charge in [-0.2, -0.15) is 0 Å². The predicted molar refractivity (Wildman–Crippen MR) is 77.4 cm³/mol. The standard InChI is InChI=1S/C16H23P/c1-12-8-9-16-13(2)11-15(10-12)17(16)14-6-4-3-5-7-14/h3-7,12-13,15-16H,8-11H2,1-2H3. The van der Waals surface area contributed by atoms with Gasteiger partial charge in [-0.25, -0.2) is 0 Å². The van der Waals surface area contributed by atoms with Crippen LogP contribution in [0.4, 0.5) is 0 Å². The van der Waals surface area contributed by atoms with Crippen molar-refractivity contribution in [2.75, 3.05) is 0 Å². The van der Waals surface area contributed by atoms with Crippen molar-refractivity contribution >= 4 is 13.2 Å². The van der Waals surface area contributed by atoms with E-state index < -0.39 is 0 Å². The van der Waals surface area contributed by atoms with Crippen molar-refractivity contribution in [2.24, 2.45) is 11.8 Å². The van der Waals surface area contributed by atoms with Crippen LogP contribution in [0, 0.1) is 11.8 Å². The molecule has 1 heteroatoms. The SMILES string of the molecule is CC1CCC2C(C)CC(C1)P2c1ccccc1. The summed E-state index contributed by atoms with van der Waals surface area (Å²) in [5.41, 5.74) is 2.03. The molecule has 0 radical (unpaired) electrons. The van der Waals surface area contributed by atoms with E-state index in [1.807, 2.05) is 0 Å². The van der Waals surface area contributed by atoms with Crippen LogP contribution in [0.15, 0.2) is 30.3 Å². The highest BCUT2D eigenvalue weighted by molar-refractivity contribution is 7.67. The Balaban J connectivity index is 1.93. The van der Waals surface area contributed by atoms with Gasteiger partial charge in [-0.1, -0.05) is 58.5 Å². The van der Waals surface area contributed by atoms with Crippen LogP contribution in [-0.2, 0) is 0 Å². The molecule has 0 amide bonds. The van der Waals surface area contributed by atoms with Gasteiger partial charge in [0.05, 0.1) is 0 Å². The summed E-state index contributed by atoms with van der Waals surface area (Å²) in [6.45, 7) is 4.96. The van der Waals surface area contributed by atoms with Crippen LogP contribution in [0.25, 0.3) is 0 Å². The Hall–Kier alpha value is -0.350. The molecule has 0 aliphatic carbocycles. The number of hydrogen-bond donors (Lipinski definition) is 0. The van der Waals surface area contributed by atoms with Gasteiger partial charge in [-0.05, 0) is 47.7 Å². The van der Waals surface area contributed by atoms with Gasteiger partial charge in [0.2, 0.25) is 0 Å². The summed E-state index contributed by atoms with van der Waals surface area (Å²) in [6.07, 6.45) is 5.94. The second-order valence-corrected chi connectivity index (χ2v) is 8.82. The van der Waals surface area contributed by atoms with Crippen LogP contribution in [-0.4, -0.2) is 11.3 Å². The highest BCUT2D eigenvalue weighted by Crippen LogP contribution is 2.62. The molecule has 1 aromatic rings. The summed E-state index contributed by atoms with van der Waals surface area (Å²) in [4.78, 5) is 0. The Kier molecular flexibility index (Phi) is 3.26. The molecule has 5 atom stereocenters. The molecule has 2 aliphatic heterocycles. The van der Waals surface area contributed by atoms with Crippen LogP contribution < -0.4 is 5.30 Å². The maximum absolute atomic E-state index is 2.50. The minimum atomic E-state index is 0.129. The Morgan fingerprint density at radius 3 is 2.53 bits per heavy atom. The number of rotatable bonds is 1. The van der Waals surface area contributed by atoms with E-state index in [0.29, 0.717) is 0 Å². The second kappa shape index (κ2) is 4.73. The van der Waals surface area contributed by atoms with Crippen molar-refractivity contribution in [3.05, 3.63) is 30.3 Å². The first-order chi connectivity index (χ1) is 8.25. The van der Waals surface area contributed by atoms with Gasteiger partial charge in [0.15, 0.2) is 0 Å². The molecular weight excluding hydrogens is 223 g/mol. The Bertz CT molecular complexity index is 372. The highest BCUT2D eigenvalue weighted by Gasteiger charge is 2.43. The zero-order valence-electron chi connectivity index (χ0n) is 11.0. The monoisotopic (exact) mass is 246 g/mol. The third-order valence-corrected chi connectivity index (χ3v) is 8.32. The van der Waals surface area contributed by atoms with Crippen molar-refractivity contribution in [1.82, 2.24) is 0 Å². The molecule has 0 N–H and O–H groups in total. The molecule has 5 unspecified atom stereocenters. The van der Waals surface area contributed by atoms with E-state index in [2.05, 4.69) is 44.2 Å². The molecule has 2 heterocycles. The molecule has 3 rings (SSSR count). The van der Waals surface area contributed by atoms with E-state index in [-0.39, 0.29) is 7.92 Å². The predicted octanol–water partition coefficient (Wildman–Crippen LogP) is 4.39. The molecular formula is C16H23P. The van der Waals surface area contributed by atoms with Gasteiger partial charge >= 0.3 is 0 Å². The first-order valence-electron chi connectivity index (χ1n) is 7.09. The van der Waals surface area contributed by atoms with Crippen LogP contribution in [0.2, 0.25) is 0 Å². The molecule has 0 nitrogen and oxygen atoms in total. The first-order valence-corrected chi connectivity index (χ1v) is 8.57. The van der Waals surface area contributed by atoms with Gasteiger partial charge < -0.3 is 0 Å². The van der Waals surface area contributed by atoms with Gasteiger partial charge in [0, 0.05) is 0 Å². The Morgan fingerprint density at radius 2 is 1.76 bits per heavy atom. The smallest absolute Gasteiger partial charge is 0.0140 e. The normalized spacial score (nSPS) is 41.2. The maximum atomic E-state index is 2.50. The van der Waals surface area contributed by atoms with Crippen LogP contribution >= 0.6 is 7.92 Å². The zero-order valence-corrected chi connectivity index (χ0v) is 11.9. The van der Waals surface area contributed by atoms with E-state index in [1.54, 1.807) is 5.30 Å². The largest absolute Gasteiger partial charge is 0.0687 e. The van der Waals surface area contributed by atoms with Gasteiger partial charge in [-0.3, -0.25) is 0 Å². The lowest BCUT2D eigenvalue weighted by Gasteiger charge is -2.24. The van der Waals surface area contributed by atoms with Crippen LogP contribution in [0.5, 0.6) is 0 Å². The van der Waals surface area contributed by atoms with Crippen molar-refractivity contribution in [3.63, 3.8) is 0 Å². The second-order valence-electron chi connectivity index (χ2n) is 6.10.